The Balaban J connectivity index is 1.37. The van der Waals surface area contributed by atoms with Crippen LogP contribution in [0, 0.1) is 0 Å². The fourth-order valence-corrected chi connectivity index (χ4v) is 7.33. The van der Waals surface area contributed by atoms with Crippen LogP contribution in [0.2, 0.25) is 0 Å². The van der Waals surface area contributed by atoms with Gasteiger partial charge in [-0.3, -0.25) is 0 Å². The number of fused-ring (bicyclic) bond motifs is 12. The van der Waals surface area contributed by atoms with Gasteiger partial charge in [-0.25, -0.2) is 0 Å². The minimum atomic E-state index is 1.01. The van der Waals surface area contributed by atoms with Gasteiger partial charge in [0, 0.05) is 24.9 Å². The molecule has 0 unspecified atom stereocenters. The summed E-state index contributed by atoms with van der Waals surface area (Å²) in [5.74, 6) is 0. The first-order valence-corrected chi connectivity index (χ1v) is 12.7. The highest BCUT2D eigenvalue weighted by Crippen LogP contribution is 2.57. The number of nitrogens with zero attached hydrogens (tertiary/aromatic N) is 1. The van der Waals surface area contributed by atoms with Crippen LogP contribution in [-0.2, 0) is 25.7 Å². The minimum Gasteiger partial charge on any atom is -0.309 e. The number of benzene rings is 5. The third-order valence-electron chi connectivity index (χ3n) is 8.70. The normalized spacial score (nSPS) is 14.9. The summed E-state index contributed by atoms with van der Waals surface area (Å²) in [6.07, 6.45) is 4.10. The van der Waals surface area contributed by atoms with Crippen molar-refractivity contribution < 1.29 is 0 Å². The van der Waals surface area contributed by atoms with Crippen LogP contribution in [0.1, 0.15) is 44.5 Å². The molecule has 2 aliphatic carbocycles. The van der Waals surface area contributed by atoms with Crippen LogP contribution in [-0.4, -0.2) is 0 Å². The van der Waals surface area contributed by atoms with Crippen LogP contribution in [0.25, 0.3) is 22.3 Å². The summed E-state index contributed by atoms with van der Waals surface area (Å²) < 4.78 is 0. The fourth-order valence-electron chi connectivity index (χ4n) is 7.33. The minimum absolute atomic E-state index is 1.01. The maximum atomic E-state index is 2.65. The molecule has 0 bridgehead atoms. The molecule has 0 radical (unpaired) electrons. The van der Waals surface area contributed by atoms with E-state index in [1.165, 1.54) is 83.8 Å². The molecule has 0 fully saturated rings. The Bertz CT molecular complexity index is 1760. The predicted octanol–water partition coefficient (Wildman–Crippen LogP) is 8.11. The van der Waals surface area contributed by atoms with Crippen LogP contribution in [0.5, 0.6) is 0 Å². The van der Waals surface area contributed by atoms with Crippen molar-refractivity contribution in [2.75, 3.05) is 4.90 Å². The Kier molecular flexibility index (Phi) is 3.29. The molecule has 0 spiro atoms. The monoisotopic (exact) mass is 445 g/mol. The Morgan fingerprint density at radius 3 is 1.97 bits per heavy atom. The van der Waals surface area contributed by atoms with Gasteiger partial charge in [0.15, 0.2) is 0 Å². The molecule has 5 aromatic carbocycles. The van der Waals surface area contributed by atoms with Crippen molar-refractivity contribution in [2.24, 2.45) is 0 Å². The first-order chi connectivity index (χ1) is 17.3. The lowest BCUT2D eigenvalue weighted by molar-refractivity contribution is 0.997. The van der Waals surface area contributed by atoms with E-state index in [9.17, 15) is 0 Å². The van der Waals surface area contributed by atoms with E-state index in [0.717, 1.165) is 25.7 Å². The predicted molar refractivity (Wildman–Crippen MR) is 143 cm³/mol. The van der Waals surface area contributed by atoms with Gasteiger partial charge in [-0.2, -0.15) is 0 Å². The lowest BCUT2D eigenvalue weighted by atomic mass is 9.81. The van der Waals surface area contributed by atoms with E-state index in [2.05, 4.69) is 95.9 Å². The lowest BCUT2D eigenvalue weighted by Crippen LogP contribution is -2.26. The van der Waals surface area contributed by atoms with Crippen LogP contribution in [0.3, 0.4) is 0 Å². The van der Waals surface area contributed by atoms with Gasteiger partial charge in [0.05, 0.1) is 11.4 Å². The summed E-state index contributed by atoms with van der Waals surface area (Å²) in [4.78, 5) is 2.65. The quantitative estimate of drug-likeness (QED) is 0.228. The van der Waals surface area contributed by atoms with Crippen LogP contribution in [0.15, 0.2) is 91.0 Å². The van der Waals surface area contributed by atoms with Crippen molar-refractivity contribution in [3.05, 3.63) is 136 Å². The molecule has 0 saturated carbocycles. The van der Waals surface area contributed by atoms with Crippen LogP contribution in [0.4, 0.5) is 17.1 Å². The lowest BCUT2D eigenvalue weighted by Gasteiger charge is -2.41. The number of rotatable bonds is 0. The third-order valence-corrected chi connectivity index (χ3v) is 8.70. The Hall–Kier alpha value is -4.10. The Morgan fingerprint density at radius 2 is 1.09 bits per heavy atom. The van der Waals surface area contributed by atoms with Gasteiger partial charge in [0.25, 0.3) is 0 Å². The van der Waals surface area contributed by atoms with E-state index in [1.807, 2.05) is 0 Å². The van der Waals surface area contributed by atoms with E-state index in [1.54, 1.807) is 0 Å². The second-order valence-electron chi connectivity index (χ2n) is 10.5. The maximum absolute atomic E-state index is 2.65. The maximum Gasteiger partial charge on any atom is 0.0539 e. The van der Waals surface area contributed by atoms with Crippen LogP contribution >= 0.6 is 0 Å². The Labute approximate surface area is 205 Å². The molecule has 0 aromatic heterocycles. The van der Waals surface area contributed by atoms with Crippen molar-refractivity contribution in [3.63, 3.8) is 0 Å². The summed E-state index contributed by atoms with van der Waals surface area (Å²) in [7, 11) is 0. The second kappa shape index (κ2) is 6.31. The third kappa shape index (κ3) is 2.24. The summed E-state index contributed by atoms with van der Waals surface area (Å²) in [5, 5.41) is 0. The highest BCUT2D eigenvalue weighted by molar-refractivity contribution is 5.98. The number of anilines is 3. The molecule has 1 nitrogen and oxygen atoms in total. The number of hydrogen-bond donors (Lipinski definition) is 0. The van der Waals surface area contributed by atoms with E-state index < -0.39 is 0 Å². The fraction of sp³-hybridized carbons (Fsp3) is 0.118. The zero-order valence-corrected chi connectivity index (χ0v) is 19.4. The highest BCUT2D eigenvalue weighted by atomic mass is 15.2. The van der Waals surface area contributed by atoms with Gasteiger partial charge in [0.2, 0.25) is 0 Å². The summed E-state index contributed by atoms with van der Waals surface area (Å²) in [5.41, 5.74) is 21.9. The highest BCUT2D eigenvalue weighted by Gasteiger charge is 2.38. The number of hydrogen-bond acceptors (Lipinski definition) is 1. The molecule has 4 aliphatic rings. The van der Waals surface area contributed by atoms with Gasteiger partial charge < -0.3 is 4.90 Å². The van der Waals surface area contributed by atoms with Gasteiger partial charge in [-0.05, 0) is 79.2 Å². The largest absolute Gasteiger partial charge is 0.309 e. The second-order valence-corrected chi connectivity index (χ2v) is 10.5. The van der Waals surface area contributed by atoms with E-state index in [0.29, 0.717) is 0 Å². The first-order valence-electron chi connectivity index (χ1n) is 12.7. The molecule has 164 valence electrons. The van der Waals surface area contributed by atoms with E-state index >= 15 is 0 Å². The first kappa shape index (κ1) is 18.3. The van der Waals surface area contributed by atoms with Gasteiger partial charge in [-0.1, -0.05) is 84.9 Å². The van der Waals surface area contributed by atoms with Gasteiger partial charge in [-0.15, -0.1) is 0 Å². The van der Waals surface area contributed by atoms with Crippen molar-refractivity contribution in [1.82, 2.24) is 0 Å². The van der Waals surface area contributed by atoms with Crippen LogP contribution < -0.4 is 4.90 Å². The van der Waals surface area contributed by atoms with Crippen molar-refractivity contribution in [3.8, 4) is 22.3 Å². The van der Waals surface area contributed by atoms with Crippen molar-refractivity contribution in [1.29, 1.82) is 0 Å². The molecule has 35 heavy (non-hydrogen) atoms. The molecular formula is C34H23N. The molecule has 0 atom stereocenters. The Morgan fingerprint density at radius 1 is 0.429 bits per heavy atom. The zero-order chi connectivity index (χ0) is 22.7. The SMILES string of the molecule is c1ccc2c(c1)Cc1c-2ccc2c1N1c3ccccc3Cc3c4c(cc(c31)C2)Cc1ccccc1-4. The van der Waals surface area contributed by atoms with Crippen molar-refractivity contribution in [2.45, 2.75) is 25.7 Å². The number of para-hydroxylation sites is 1. The molecule has 0 saturated heterocycles. The summed E-state index contributed by atoms with van der Waals surface area (Å²) >= 11 is 0. The standard InChI is InChI=1S/C34H23N/c1-4-10-26-21(8-1)18-29-28(26)14-13-23-16-25-17-24-15-20-7-2-5-11-27(20)32(24)30-19-22-9-3-6-12-31(22)35(33(23)29)34(25)30/h1-14,17H,15-16,18-19H2. The summed E-state index contributed by atoms with van der Waals surface area (Å²) in [6, 6.07) is 34.4. The smallest absolute Gasteiger partial charge is 0.0539 e. The molecular weight excluding hydrogens is 422 g/mol. The molecule has 5 aromatic rings. The molecule has 0 amide bonds. The molecule has 2 heterocycles. The zero-order valence-electron chi connectivity index (χ0n) is 19.4. The molecule has 2 aliphatic heterocycles. The van der Waals surface area contributed by atoms with E-state index in [4.69, 9.17) is 0 Å². The average Bonchev–Trinajstić information content (AvgIpc) is 3.46. The molecule has 1 heteroatoms. The average molecular weight is 446 g/mol. The topological polar surface area (TPSA) is 3.24 Å². The van der Waals surface area contributed by atoms with Gasteiger partial charge in [0.1, 0.15) is 0 Å². The molecule has 0 N–H and O–H groups in total. The summed E-state index contributed by atoms with van der Waals surface area (Å²) in [6.45, 7) is 0. The van der Waals surface area contributed by atoms with E-state index in [-0.39, 0.29) is 0 Å². The van der Waals surface area contributed by atoms with Gasteiger partial charge >= 0.3 is 0 Å². The molecule has 9 rings (SSSR count). The van der Waals surface area contributed by atoms with Crippen molar-refractivity contribution >= 4 is 17.1 Å².